The number of nitrogens with zero attached hydrogens (tertiary/aromatic N) is 4. The first-order valence-corrected chi connectivity index (χ1v) is 10.8. The van der Waals surface area contributed by atoms with Crippen LogP contribution in [0.15, 0.2) is 23.0 Å². The Hall–Kier alpha value is -2.03. The van der Waals surface area contributed by atoms with Crippen molar-refractivity contribution in [3.63, 3.8) is 0 Å². The lowest BCUT2D eigenvalue weighted by molar-refractivity contribution is 0.0833. The standard InChI is InChI=1S/C19H23N5OS2/c1-23(2)19(25)17-16(20)13-6-7-14(22-18(13)27-17)15-5-3-4-8-24(15)9-12-10-26-11-21-12/h6-7,10-11,15H,3-5,8-9,20H2,1-2H3/t15-/m0/s1. The molecule has 0 saturated carbocycles. The largest absolute Gasteiger partial charge is 0.397 e. The number of aromatic nitrogens is 2. The molecule has 1 amide bonds. The number of carbonyl (C=O) groups excluding carboxylic acids is 1. The van der Waals surface area contributed by atoms with E-state index in [1.54, 1.807) is 30.3 Å². The molecule has 1 aliphatic heterocycles. The minimum atomic E-state index is -0.0696. The van der Waals surface area contributed by atoms with Gasteiger partial charge in [0, 0.05) is 31.4 Å². The Morgan fingerprint density at radius 3 is 2.96 bits per heavy atom. The fourth-order valence-electron chi connectivity index (χ4n) is 3.60. The molecule has 3 aromatic heterocycles. The molecule has 6 nitrogen and oxygen atoms in total. The molecule has 1 fully saturated rings. The minimum Gasteiger partial charge on any atom is -0.397 e. The molecule has 0 aliphatic carbocycles. The predicted octanol–water partition coefficient (Wildman–Crippen LogP) is 3.76. The van der Waals surface area contributed by atoms with E-state index >= 15 is 0 Å². The first kappa shape index (κ1) is 18.3. The molecule has 4 rings (SSSR count). The second-order valence-electron chi connectivity index (χ2n) is 7.10. The highest BCUT2D eigenvalue weighted by molar-refractivity contribution is 7.21. The van der Waals surface area contributed by atoms with E-state index < -0.39 is 0 Å². The van der Waals surface area contributed by atoms with Gasteiger partial charge in [0.15, 0.2) is 0 Å². The smallest absolute Gasteiger partial charge is 0.265 e. The van der Waals surface area contributed by atoms with E-state index in [2.05, 4.69) is 21.3 Å². The molecule has 1 aliphatic rings. The topological polar surface area (TPSA) is 75.4 Å². The highest BCUT2D eigenvalue weighted by Crippen LogP contribution is 2.37. The SMILES string of the molecule is CN(C)C(=O)c1sc2nc([C@@H]3CCCCN3Cc3cscn3)ccc2c1N. The van der Waals surface area contributed by atoms with Crippen molar-refractivity contribution in [2.75, 3.05) is 26.4 Å². The van der Waals surface area contributed by atoms with Crippen molar-refractivity contribution in [1.82, 2.24) is 19.8 Å². The Labute approximate surface area is 166 Å². The maximum Gasteiger partial charge on any atom is 0.265 e. The molecular formula is C19H23N5OS2. The summed E-state index contributed by atoms with van der Waals surface area (Å²) in [5, 5.41) is 2.98. The summed E-state index contributed by atoms with van der Waals surface area (Å²) in [6, 6.07) is 4.37. The molecule has 2 N–H and O–H groups in total. The van der Waals surface area contributed by atoms with Crippen molar-refractivity contribution in [3.8, 4) is 0 Å². The van der Waals surface area contributed by atoms with Crippen LogP contribution in [0, 0.1) is 0 Å². The highest BCUT2D eigenvalue weighted by atomic mass is 32.1. The van der Waals surface area contributed by atoms with Crippen LogP contribution in [0.2, 0.25) is 0 Å². The van der Waals surface area contributed by atoms with Gasteiger partial charge in [0.05, 0.1) is 28.6 Å². The summed E-state index contributed by atoms with van der Waals surface area (Å²) < 4.78 is 0. The summed E-state index contributed by atoms with van der Waals surface area (Å²) in [6.45, 7) is 1.91. The lowest BCUT2D eigenvalue weighted by Crippen LogP contribution is -2.33. The van der Waals surface area contributed by atoms with Gasteiger partial charge >= 0.3 is 0 Å². The van der Waals surface area contributed by atoms with E-state index in [0.717, 1.165) is 41.1 Å². The quantitative estimate of drug-likeness (QED) is 0.720. The molecule has 8 heteroatoms. The third-order valence-corrected chi connectivity index (χ3v) is 6.76. The average Bonchev–Trinajstić information content (AvgIpc) is 3.29. The van der Waals surface area contributed by atoms with Crippen LogP contribution in [-0.2, 0) is 6.54 Å². The molecule has 4 heterocycles. The molecule has 0 aromatic carbocycles. The molecule has 0 radical (unpaired) electrons. The molecule has 3 aromatic rings. The molecule has 0 unspecified atom stereocenters. The van der Waals surface area contributed by atoms with Gasteiger partial charge in [0.1, 0.15) is 9.71 Å². The molecular weight excluding hydrogens is 378 g/mol. The molecule has 0 spiro atoms. The number of piperidine rings is 1. The number of thiophene rings is 1. The summed E-state index contributed by atoms with van der Waals surface area (Å²) in [4.78, 5) is 27.2. The molecule has 1 saturated heterocycles. The number of amides is 1. The maximum atomic E-state index is 12.4. The zero-order valence-corrected chi connectivity index (χ0v) is 17.1. The zero-order valence-electron chi connectivity index (χ0n) is 15.5. The van der Waals surface area contributed by atoms with Crippen molar-refractivity contribution in [2.24, 2.45) is 0 Å². The van der Waals surface area contributed by atoms with E-state index in [1.807, 2.05) is 11.6 Å². The third kappa shape index (κ3) is 3.56. The zero-order chi connectivity index (χ0) is 19.0. The van der Waals surface area contributed by atoms with Crippen molar-refractivity contribution in [1.29, 1.82) is 0 Å². The van der Waals surface area contributed by atoms with Crippen LogP contribution in [0.3, 0.4) is 0 Å². The van der Waals surface area contributed by atoms with Crippen LogP contribution < -0.4 is 5.73 Å². The lowest BCUT2D eigenvalue weighted by atomic mass is 9.98. The van der Waals surface area contributed by atoms with Gasteiger partial charge in [-0.2, -0.15) is 0 Å². The lowest BCUT2D eigenvalue weighted by Gasteiger charge is -2.34. The van der Waals surface area contributed by atoms with E-state index in [-0.39, 0.29) is 11.9 Å². The van der Waals surface area contributed by atoms with Gasteiger partial charge in [-0.05, 0) is 31.5 Å². The number of likely N-dealkylation sites (tertiary alicyclic amines) is 1. The fourth-order valence-corrected chi connectivity index (χ4v) is 5.27. The van der Waals surface area contributed by atoms with Gasteiger partial charge in [-0.1, -0.05) is 6.42 Å². The molecule has 142 valence electrons. The van der Waals surface area contributed by atoms with Crippen LogP contribution in [0.4, 0.5) is 5.69 Å². The first-order chi connectivity index (χ1) is 13.0. The van der Waals surface area contributed by atoms with Gasteiger partial charge in [-0.15, -0.1) is 22.7 Å². The van der Waals surface area contributed by atoms with Crippen LogP contribution in [0.5, 0.6) is 0 Å². The Kier molecular flexibility index (Phi) is 5.12. The van der Waals surface area contributed by atoms with E-state index in [0.29, 0.717) is 10.6 Å². The number of hydrogen-bond donors (Lipinski definition) is 1. The number of fused-ring (bicyclic) bond motifs is 1. The van der Waals surface area contributed by atoms with E-state index in [1.165, 1.54) is 24.2 Å². The fraction of sp³-hybridized carbons (Fsp3) is 0.421. The number of anilines is 1. The number of pyridine rings is 1. The monoisotopic (exact) mass is 401 g/mol. The second kappa shape index (κ2) is 7.53. The minimum absolute atomic E-state index is 0.0696. The number of carbonyl (C=O) groups is 1. The Bertz CT molecular complexity index is 951. The Balaban J connectivity index is 1.66. The van der Waals surface area contributed by atoms with Gasteiger partial charge in [0.2, 0.25) is 0 Å². The molecule has 27 heavy (non-hydrogen) atoms. The normalized spacial score (nSPS) is 18.1. The summed E-state index contributed by atoms with van der Waals surface area (Å²) in [5.74, 6) is -0.0696. The molecule has 0 bridgehead atoms. The van der Waals surface area contributed by atoms with Gasteiger partial charge in [0.25, 0.3) is 5.91 Å². The van der Waals surface area contributed by atoms with Gasteiger partial charge in [-0.25, -0.2) is 9.97 Å². The Morgan fingerprint density at radius 2 is 2.22 bits per heavy atom. The van der Waals surface area contributed by atoms with Crippen molar-refractivity contribution >= 4 is 44.5 Å². The number of nitrogens with two attached hydrogens (primary N) is 1. The van der Waals surface area contributed by atoms with Crippen LogP contribution in [0.25, 0.3) is 10.2 Å². The van der Waals surface area contributed by atoms with Gasteiger partial charge < -0.3 is 10.6 Å². The number of nitrogen functional groups attached to an aromatic ring is 1. The van der Waals surface area contributed by atoms with Crippen LogP contribution in [-0.4, -0.2) is 46.3 Å². The summed E-state index contributed by atoms with van der Waals surface area (Å²) in [5.41, 5.74) is 10.8. The maximum absolute atomic E-state index is 12.4. The summed E-state index contributed by atoms with van der Waals surface area (Å²) in [7, 11) is 3.48. The van der Waals surface area contributed by atoms with Crippen LogP contribution in [0.1, 0.15) is 46.4 Å². The Morgan fingerprint density at radius 1 is 1.37 bits per heavy atom. The number of thiazole rings is 1. The molecule has 1 atom stereocenters. The predicted molar refractivity (Wildman–Crippen MR) is 111 cm³/mol. The van der Waals surface area contributed by atoms with Crippen molar-refractivity contribution in [2.45, 2.75) is 31.8 Å². The van der Waals surface area contributed by atoms with Crippen molar-refractivity contribution in [3.05, 3.63) is 39.3 Å². The highest BCUT2D eigenvalue weighted by Gasteiger charge is 2.27. The van der Waals surface area contributed by atoms with Gasteiger partial charge in [-0.3, -0.25) is 9.69 Å². The third-order valence-electron chi connectivity index (χ3n) is 5.02. The van der Waals surface area contributed by atoms with Crippen molar-refractivity contribution < 1.29 is 4.79 Å². The number of hydrogen-bond acceptors (Lipinski definition) is 7. The first-order valence-electron chi connectivity index (χ1n) is 9.06. The van der Waals surface area contributed by atoms with E-state index in [9.17, 15) is 4.79 Å². The summed E-state index contributed by atoms with van der Waals surface area (Å²) in [6.07, 6.45) is 3.50. The van der Waals surface area contributed by atoms with Crippen LogP contribution >= 0.6 is 22.7 Å². The summed E-state index contributed by atoms with van der Waals surface area (Å²) >= 11 is 3.02. The van der Waals surface area contributed by atoms with E-state index in [4.69, 9.17) is 10.7 Å². The second-order valence-corrected chi connectivity index (χ2v) is 8.81. The number of rotatable bonds is 4. The average molecular weight is 402 g/mol.